The molecule has 1 aliphatic rings. The summed E-state index contributed by atoms with van der Waals surface area (Å²) in [6.07, 6.45) is 3.32. The fraction of sp³-hybridized carbons (Fsp3) is 0.556. The predicted molar refractivity (Wildman–Crippen MR) is 112 cm³/mol. The van der Waals surface area contributed by atoms with Gasteiger partial charge in [-0.2, -0.15) is 0 Å². The first-order chi connectivity index (χ1) is 11.6. The van der Waals surface area contributed by atoms with Crippen molar-refractivity contribution in [1.82, 2.24) is 15.5 Å². The van der Waals surface area contributed by atoms with Gasteiger partial charge in [0.05, 0.1) is 0 Å². The van der Waals surface area contributed by atoms with E-state index in [1.165, 1.54) is 5.56 Å². The number of carbonyl (C=O) groups is 1. The molecule has 1 heterocycles. The number of carbonyl (C=O) groups excluding carboxylic acids is 1. The fourth-order valence-corrected chi connectivity index (χ4v) is 2.78. The Kier molecular flexibility index (Phi) is 9.62. The van der Waals surface area contributed by atoms with Crippen LogP contribution in [0.3, 0.4) is 0 Å². The first-order valence-electron chi connectivity index (χ1n) is 8.65. The third-order valence-electron chi connectivity index (χ3n) is 4.14. The van der Waals surface area contributed by atoms with E-state index in [1.807, 2.05) is 26.1 Å². The summed E-state index contributed by atoms with van der Waals surface area (Å²) in [4.78, 5) is 18.0. The van der Waals surface area contributed by atoms with Gasteiger partial charge in [0.2, 0.25) is 5.91 Å². The number of hydrogen-bond donors (Lipinski definition) is 3. The van der Waals surface area contributed by atoms with Gasteiger partial charge in [0.15, 0.2) is 5.96 Å². The molecule has 1 fully saturated rings. The zero-order valence-corrected chi connectivity index (χ0v) is 17.3. The van der Waals surface area contributed by atoms with Crippen LogP contribution in [0.5, 0.6) is 5.75 Å². The van der Waals surface area contributed by atoms with Gasteiger partial charge in [-0.3, -0.25) is 9.79 Å². The van der Waals surface area contributed by atoms with E-state index in [9.17, 15) is 9.90 Å². The minimum absolute atomic E-state index is 0. The lowest BCUT2D eigenvalue weighted by Crippen LogP contribution is -2.51. The Morgan fingerprint density at radius 1 is 1.36 bits per heavy atom. The minimum atomic E-state index is 0. The molecule has 0 aromatic heterocycles. The largest absolute Gasteiger partial charge is 0.508 e. The first-order valence-corrected chi connectivity index (χ1v) is 8.65. The number of amides is 1. The number of aliphatic imine (C=N–C) groups is 1. The van der Waals surface area contributed by atoms with Gasteiger partial charge < -0.3 is 20.6 Å². The number of halogens is 1. The summed E-state index contributed by atoms with van der Waals surface area (Å²) in [5.41, 5.74) is 1.20. The normalized spacial score (nSPS) is 17.8. The summed E-state index contributed by atoms with van der Waals surface area (Å²) in [5, 5.41) is 16.0. The summed E-state index contributed by atoms with van der Waals surface area (Å²) in [6.45, 7) is 4.31. The van der Waals surface area contributed by atoms with Gasteiger partial charge in [-0.1, -0.05) is 12.1 Å². The predicted octanol–water partition coefficient (Wildman–Crippen LogP) is 2.12. The third kappa shape index (κ3) is 7.50. The van der Waals surface area contributed by atoms with E-state index in [2.05, 4.69) is 15.6 Å². The molecule has 0 aliphatic carbocycles. The van der Waals surface area contributed by atoms with E-state index in [4.69, 9.17) is 0 Å². The van der Waals surface area contributed by atoms with E-state index in [0.29, 0.717) is 12.2 Å². The number of benzene rings is 1. The molecule has 1 amide bonds. The van der Waals surface area contributed by atoms with E-state index in [-0.39, 0.29) is 35.9 Å². The maximum atomic E-state index is 11.6. The van der Waals surface area contributed by atoms with E-state index in [1.54, 1.807) is 17.0 Å². The third-order valence-corrected chi connectivity index (χ3v) is 4.14. The quantitative estimate of drug-likeness (QED) is 0.263. The minimum Gasteiger partial charge on any atom is -0.508 e. The van der Waals surface area contributed by atoms with Crippen LogP contribution in [0.4, 0.5) is 0 Å². The molecule has 1 aromatic carbocycles. The summed E-state index contributed by atoms with van der Waals surface area (Å²) in [5.74, 6) is 1.33. The number of likely N-dealkylation sites (N-methyl/N-ethyl adjacent to an activating group) is 1. The average molecular weight is 460 g/mol. The number of aromatic hydroxyl groups is 1. The number of rotatable bonds is 6. The molecule has 1 unspecified atom stereocenters. The summed E-state index contributed by atoms with van der Waals surface area (Å²) in [7, 11) is 1.85. The molecule has 0 bridgehead atoms. The van der Waals surface area contributed by atoms with Crippen molar-refractivity contribution in [3.63, 3.8) is 0 Å². The number of likely N-dealkylation sites (tertiary alicyclic amines) is 1. The first kappa shape index (κ1) is 21.5. The lowest BCUT2D eigenvalue weighted by Gasteiger charge is -2.31. The van der Waals surface area contributed by atoms with Crippen molar-refractivity contribution < 1.29 is 9.90 Å². The second kappa shape index (κ2) is 11.2. The van der Waals surface area contributed by atoms with E-state index < -0.39 is 0 Å². The monoisotopic (exact) mass is 460 g/mol. The summed E-state index contributed by atoms with van der Waals surface area (Å²) < 4.78 is 0. The average Bonchev–Trinajstić information content (AvgIpc) is 2.57. The molecule has 140 valence electrons. The Balaban J connectivity index is 0.00000312. The Morgan fingerprint density at radius 2 is 2.08 bits per heavy atom. The maximum Gasteiger partial charge on any atom is 0.222 e. The van der Waals surface area contributed by atoms with E-state index >= 15 is 0 Å². The zero-order chi connectivity index (χ0) is 17.4. The molecule has 1 atom stereocenters. The highest BCUT2D eigenvalue weighted by Crippen LogP contribution is 2.11. The number of piperidine rings is 1. The van der Waals surface area contributed by atoms with Crippen LogP contribution in [0.2, 0.25) is 0 Å². The Hall–Kier alpha value is -1.51. The summed E-state index contributed by atoms with van der Waals surface area (Å²) in [6, 6.07) is 7.56. The second-order valence-corrected chi connectivity index (χ2v) is 6.18. The van der Waals surface area contributed by atoms with Crippen LogP contribution in [-0.2, 0) is 11.2 Å². The Labute approximate surface area is 167 Å². The molecule has 6 nitrogen and oxygen atoms in total. The highest BCUT2D eigenvalue weighted by atomic mass is 127. The molecular formula is C18H29IN4O2. The van der Waals surface area contributed by atoms with Crippen molar-refractivity contribution in [3.05, 3.63) is 29.8 Å². The van der Waals surface area contributed by atoms with Crippen molar-refractivity contribution >= 4 is 35.8 Å². The molecule has 1 aromatic rings. The fourth-order valence-electron chi connectivity index (χ4n) is 2.78. The van der Waals surface area contributed by atoms with Gasteiger partial charge in [0.25, 0.3) is 0 Å². The van der Waals surface area contributed by atoms with Gasteiger partial charge >= 0.3 is 0 Å². The molecule has 1 saturated heterocycles. The van der Waals surface area contributed by atoms with E-state index in [0.717, 1.165) is 44.9 Å². The van der Waals surface area contributed by atoms with Crippen LogP contribution in [0.25, 0.3) is 0 Å². The number of hydrogen-bond acceptors (Lipinski definition) is 3. The molecule has 1 aliphatic heterocycles. The van der Waals surface area contributed by atoms with Crippen molar-refractivity contribution in [3.8, 4) is 5.75 Å². The summed E-state index contributed by atoms with van der Waals surface area (Å²) >= 11 is 0. The molecule has 25 heavy (non-hydrogen) atoms. The highest BCUT2D eigenvalue weighted by Gasteiger charge is 2.23. The Bertz CT molecular complexity index is 563. The number of aryl methyl sites for hydroxylation is 1. The highest BCUT2D eigenvalue weighted by molar-refractivity contribution is 14.0. The lowest BCUT2D eigenvalue weighted by molar-refractivity contribution is -0.132. The maximum absolute atomic E-state index is 11.6. The van der Waals surface area contributed by atoms with Crippen molar-refractivity contribution in [2.24, 2.45) is 4.99 Å². The SMILES string of the molecule is CCNC(=NCCCc1ccc(O)cc1)NC1CCC(=O)N(C)C1.I. The van der Waals surface area contributed by atoms with Gasteiger partial charge in [-0.25, -0.2) is 0 Å². The van der Waals surface area contributed by atoms with Gasteiger partial charge in [-0.15, -0.1) is 24.0 Å². The molecule has 0 saturated carbocycles. The molecule has 2 rings (SSSR count). The van der Waals surface area contributed by atoms with Gasteiger partial charge in [0, 0.05) is 39.1 Å². The lowest BCUT2D eigenvalue weighted by atomic mass is 10.1. The molecular weight excluding hydrogens is 431 g/mol. The van der Waals surface area contributed by atoms with Crippen LogP contribution in [-0.4, -0.2) is 54.6 Å². The second-order valence-electron chi connectivity index (χ2n) is 6.18. The van der Waals surface area contributed by atoms with Crippen LogP contribution in [0.15, 0.2) is 29.3 Å². The van der Waals surface area contributed by atoms with Gasteiger partial charge in [0.1, 0.15) is 5.75 Å². The van der Waals surface area contributed by atoms with Crippen molar-refractivity contribution in [2.75, 3.05) is 26.7 Å². The van der Waals surface area contributed by atoms with Crippen LogP contribution < -0.4 is 10.6 Å². The molecule has 3 N–H and O–H groups in total. The topological polar surface area (TPSA) is 77.0 Å². The number of guanidine groups is 1. The van der Waals surface area contributed by atoms with Crippen molar-refractivity contribution in [2.45, 2.75) is 38.6 Å². The molecule has 7 heteroatoms. The standard InChI is InChI=1S/C18H28N4O2.HI/c1-3-19-18(21-15-8-11-17(24)22(2)13-15)20-12-4-5-14-6-9-16(23)10-7-14;/h6-7,9-10,15,23H,3-5,8,11-13H2,1-2H3,(H2,19,20,21);1H. The smallest absolute Gasteiger partial charge is 0.222 e. The number of phenols is 1. The van der Waals surface area contributed by atoms with Crippen molar-refractivity contribution in [1.29, 1.82) is 0 Å². The van der Waals surface area contributed by atoms with Crippen LogP contribution in [0, 0.1) is 0 Å². The molecule has 0 radical (unpaired) electrons. The number of phenolic OH excluding ortho intramolecular Hbond substituents is 1. The van der Waals surface area contributed by atoms with Crippen LogP contribution in [0.1, 0.15) is 31.7 Å². The zero-order valence-electron chi connectivity index (χ0n) is 15.0. The number of nitrogens with zero attached hydrogens (tertiary/aromatic N) is 2. The Morgan fingerprint density at radius 3 is 2.72 bits per heavy atom. The van der Waals surface area contributed by atoms with Crippen LogP contribution >= 0.6 is 24.0 Å². The number of nitrogens with one attached hydrogen (secondary N) is 2. The molecule has 0 spiro atoms. The van der Waals surface area contributed by atoms with Gasteiger partial charge in [-0.05, 0) is 43.9 Å².